The smallest absolute Gasteiger partial charge is 0.335 e. The second kappa shape index (κ2) is 4.37. The number of hydrogen-bond donors (Lipinski definition) is 2. The van der Waals surface area contributed by atoms with E-state index in [1.807, 2.05) is 0 Å². The molecule has 3 rings (SSSR count). The van der Waals surface area contributed by atoms with Crippen LogP contribution in [-0.2, 0) is 6.54 Å². The first kappa shape index (κ1) is 12.2. The summed E-state index contributed by atoms with van der Waals surface area (Å²) in [5.41, 5.74) is 1.55. The number of H-pyrrole nitrogens is 1. The van der Waals surface area contributed by atoms with Crippen LogP contribution in [0.15, 0.2) is 33.6 Å². The van der Waals surface area contributed by atoms with Crippen molar-refractivity contribution in [1.29, 1.82) is 0 Å². The van der Waals surface area contributed by atoms with Gasteiger partial charge in [-0.2, -0.15) is 0 Å². The summed E-state index contributed by atoms with van der Waals surface area (Å²) in [6.07, 6.45) is 0. The predicted molar refractivity (Wildman–Crippen MR) is 69.9 cm³/mol. The maximum Gasteiger partial charge on any atom is 0.335 e. The van der Waals surface area contributed by atoms with Crippen LogP contribution >= 0.6 is 0 Å². The lowest BCUT2D eigenvalue weighted by atomic mass is 10.2. The van der Waals surface area contributed by atoms with E-state index in [9.17, 15) is 9.59 Å². The molecule has 0 saturated carbocycles. The average molecular weight is 273 g/mol. The molecule has 0 spiro atoms. The highest BCUT2D eigenvalue weighted by molar-refractivity contribution is 5.92. The number of nitrogens with zero attached hydrogens (tertiary/aromatic N) is 2. The van der Waals surface area contributed by atoms with E-state index in [2.05, 4.69) is 10.1 Å². The Balaban J connectivity index is 2.09. The zero-order chi connectivity index (χ0) is 14.3. The van der Waals surface area contributed by atoms with Crippen molar-refractivity contribution in [1.82, 2.24) is 14.7 Å². The minimum atomic E-state index is -1.03. The largest absolute Gasteiger partial charge is 0.478 e. The molecule has 7 nitrogen and oxygen atoms in total. The van der Waals surface area contributed by atoms with Crippen molar-refractivity contribution in [2.45, 2.75) is 13.5 Å². The van der Waals surface area contributed by atoms with Crippen LogP contribution in [-0.4, -0.2) is 25.8 Å². The molecular formula is C13H11N3O4. The number of carboxylic acids is 1. The number of rotatable bonds is 3. The van der Waals surface area contributed by atoms with Gasteiger partial charge in [0.05, 0.1) is 23.1 Å². The van der Waals surface area contributed by atoms with Gasteiger partial charge in [-0.15, -0.1) is 0 Å². The van der Waals surface area contributed by atoms with Crippen molar-refractivity contribution in [2.24, 2.45) is 0 Å². The summed E-state index contributed by atoms with van der Waals surface area (Å²) < 4.78 is 6.45. The van der Waals surface area contributed by atoms with Crippen molar-refractivity contribution >= 4 is 17.0 Å². The molecule has 0 radical (unpaired) electrons. The second-order valence-corrected chi connectivity index (χ2v) is 4.48. The molecule has 0 fully saturated rings. The van der Waals surface area contributed by atoms with Gasteiger partial charge in [0.2, 0.25) is 0 Å². The SMILES string of the molecule is Cc1cc(Cn2c(=O)[nH]c3cc(C(=O)O)ccc32)no1. The highest BCUT2D eigenvalue weighted by Gasteiger charge is 2.11. The Bertz CT molecular complexity index is 856. The fourth-order valence-corrected chi connectivity index (χ4v) is 2.11. The van der Waals surface area contributed by atoms with Crippen LogP contribution in [0.4, 0.5) is 0 Å². The van der Waals surface area contributed by atoms with Gasteiger partial charge in [-0.1, -0.05) is 5.16 Å². The average Bonchev–Trinajstić information content (AvgIpc) is 2.94. The summed E-state index contributed by atoms with van der Waals surface area (Å²) in [6.45, 7) is 2.04. The molecular weight excluding hydrogens is 262 g/mol. The van der Waals surface area contributed by atoms with E-state index in [0.717, 1.165) is 0 Å². The molecule has 3 aromatic rings. The molecule has 7 heteroatoms. The topological polar surface area (TPSA) is 101 Å². The maximum absolute atomic E-state index is 11.9. The Morgan fingerprint density at radius 2 is 2.25 bits per heavy atom. The standard InChI is InChI=1S/C13H11N3O4/c1-7-4-9(15-20-7)6-16-11-3-2-8(12(17)18)5-10(11)14-13(16)19/h2-5H,6H2,1H3,(H,14,19)(H,17,18). The third-order valence-electron chi connectivity index (χ3n) is 3.02. The quantitative estimate of drug-likeness (QED) is 0.750. The van der Waals surface area contributed by atoms with Crippen LogP contribution in [0.2, 0.25) is 0 Å². The molecule has 2 aromatic heterocycles. The number of aromatic amines is 1. The van der Waals surface area contributed by atoms with Crippen molar-refractivity contribution in [3.8, 4) is 0 Å². The Morgan fingerprint density at radius 3 is 2.90 bits per heavy atom. The molecule has 2 heterocycles. The van der Waals surface area contributed by atoms with E-state index >= 15 is 0 Å². The second-order valence-electron chi connectivity index (χ2n) is 4.48. The molecule has 0 aliphatic heterocycles. The van der Waals surface area contributed by atoms with Crippen LogP contribution in [0.1, 0.15) is 21.8 Å². The van der Waals surface area contributed by atoms with Crippen molar-refractivity contribution in [3.63, 3.8) is 0 Å². The molecule has 0 saturated heterocycles. The molecule has 0 aliphatic carbocycles. The molecule has 2 N–H and O–H groups in total. The van der Waals surface area contributed by atoms with Gasteiger partial charge in [0.25, 0.3) is 0 Å². The number of fused-ring (bicyclic) bond motifs is 1. The van der Waals surface area contributed by atoms with Gasteiger partial charge in [-0.05, 0) is 25.1 Å². The summed E-state index contributed by atoms with van der Waals surface area (Å²) in [5, 5.41) is 12.8. The van der Waals surface area contributed by atoms with Crippen molar-refractivity contribution in [2.75, 3.05) is 0 Å². The number of carbonyl (C=O) groups is 1. The van der Waals surface area contributed by atoms with Crippen LogP contribution in [0.25, 0.3) is 11.0 Å². The van der Waals surface area contributed by atoms with Gasteiger partial charge < -0.3 is 14.6 Å². The zero-order valence-corrected chi connectivity index (χ0v) is 10.6. The van der Waals surface area contributed by atoms with E-state index in [0.29, 0.717) is 22.5 Å². The van der Waals surface area contributed by atoms with Crippen molar-refractivity contribution in [3.05, 3.63) is 51.8 Å². The highest BCUT2D eigenvalue weighted by atomic mass is 16.5. The molecule has 0 unspecified atom stereocenters. The Kier molecular flexibility index (Phi) is 2.67. The van der Waals surface area contributed by atoms with Gasteiger partial charge in [0.1, 0.15) is 11.5 Å². The van der Waals surface area contributed by atoms with Crippen LogP contribution in [0, 0.1) is 6.92 Å². The highest BCUT2D eigenvalue weighted by Crippen LogP contribution is 2.14. The maximum atomic E-state index is 11.9. The fraction of sp³-hybridized carbons (Fsp3) is 0.154. The molecule has 0 atom stereocenters. The van der Waals surface area contributed by atoms with E-state index < -0.39 is 5.97 Å². The van der Waals surface area contributed by atoms with E-state index in [1.54, 1.807) is 19.1 Å². The molecule has 0 aliphatic rings. The lowest BCUT2D eigenvalue weighted by molar-refractivity contribution is 0.0697. The first-order valence-corrected chi connectivity index (χ1v) is 5.92. The monoisotopic (exact) mass is 273 g/mol. The number of carboxylic acid groups (broad SMARTS) is 1. The van der Waals surface area contributed by atoms with E-state index in [1.165, 1.54) is 16.7 Å². The van der Waals surface area contributed by atoms with Crippen LogP contribution in [0.3, 0.4) is 0 Å². The molecule has 102 valence electrons. The van der Waals surface area contributed by atoms with Gasteiger partial charge >= 0.3 is 11.7 Å². The van der Waals surface area contributed by atoms with Gasteiger partial charge in [-0.25, -0.2) is 9.59 Å². The first-order chi connectivity index (χ1) is 9.54. The predicted octanol–water partition coefficient (Wildman–Crippen LogP) is 1.37. The summed E-state index contributed by atoms with van der Waals surface area (Å²) in [6, 6.07) is 6.24. The number of imidazole rings is 1. The number of nitrogens with one attached hydrogen (secondary N) is 1. The lowest BCUT2D eigenvalue weighted by Gasteiger charge is -2.00. The zero-order valence-electron chi connectivity index (χ0n) is 10.6. The fourth-order valence-electron chi connectivity index (χ4n) is 2.11. The number of aryl methyl sites for hydroxylation is 1. The molecule has 0 amide bonds. The summed E-state index contributed by atoms with van der Waals surface area (Å²) in [4.78, 5) is 25.5. The Morgan fingerprint density at radius 1 is 1.45 bits per heavy atom. The normalized spacial score (nSPS) is 11.1. The summed E-state index contributed by atoms with van der Waals surface area (Å²) in [5.74, 6) is -0.367. The first-order valence-electron chi connectivity index (χ1n) is 5.92. The minimum absolute atomic E-state index is 0.128. The number of aromatic nitrogens is 3. The number of benzene rings is 1. The van der Waals surface area contributed by atoms with Crippen LogP contribution < -0.4 is 5.69 Å². The Hall–Kier alpha value is -2.83. The van der Waals surface area contributed by atoms with Gasteiger partial charge in [-0.3, -0.25) is 4.57 Å². The minimum Gasteiger partial charge on any atom is -0.478 e. The van der Waals surface area contributed by atoms with Crippen molar-refractivity contribution < 1.29 is 14.4 Å². The van der Waals surface area contributed by atoms with Crippen LogP contribution in [0.5, 0.6) is 0 Å². The van der Waals surface area contributed by atoms with E-state index in [4.69, 9.17) is 9.63 Å². The van der Waals surface area contributed by atoms with Gasteiger partial charge in [0.15, 0.2) is 0 Å². The lowest BCUT2D eigenvalue weighted by Crippen LogP contribution is -2.17. The molecule has 1 aromatic carbocycles. The summed E-state index contributed by atoms with van der Waals surface area (Å²) >= 11 is 0. The third kappa shape index (κ3) is 1.99. The number of hydrogen-bond acceptors (Lipinski definition) is 4. The number of aromatic carboxylic acids is 1. The van der Waals surface area contributed by atoms with Gasteiger partial charge in [0, 0.05) is 6.07 Å². The van der Waals surface area contributed by atoms with E-state index in [-0.39, 0.29) is 17.8 Å². The molecule has 20 heavy (non-hydrogen) atoms. The summed E-state index contributed by atoms with van der Waals surface area (Å²) in [7, 11) is 0. The molecule has 0 bridgehead atoms. The Labute approximate surface area is 112 Å². The third-order valence-corrected chi connectivity index (χ3v) is 3.02.